The number of hydrogen-bond acceptors (Lipinski definition) is 3. The molecule has 0 aliphatic heterocycles. The summed E-state index contributed by atoms with van der Waals surface area (Å²) in [6.07, 6.45) is 1.65. The summed E-state index contributed by atoms with van der Waals surface area (Å²) in [7, 11) is 0. The number of nitrogens with one attached hydrogen (secondary N) is 2. The highest BCUT2D eigenvalue weighted by molar-refractivity contribution is 9.10. The van der Waals surface area contributed by atoms with Crippen molar-refractivity contribution in [2.24, 2.45) is 0 Å². The summed E-state index contributed by atoms with van der Waals surface area (Å²) in [6.45, 7) is 0.465. The van der Waals surface area contributed by atoms with Crippen LogP contribution in [0.1, 0.15) is 5.76 Å². The first-order valence-electron chi connectivity index (χ1n) is 7.12. The van der Waals surface area contributed by atoms with Crippen LogP contribution < -0.4 is 10.6 Å². The molecule has 0 aliphatic carbocycles. The zero-order valence-electron chi connectivity index (χ0n) is 12.4. The number of benzene rings is 1. The summed E-state index contributed by atoms with van der Waals surface area (Å²) < 4.78 is 6.62. The van der Waals surface area contributed by atoms with Crippen LogP contribution in [-0.2, 0) is 6.54 Å². The highest BCUT2D eigenvalue weighted by Gasteiger charge is 2.07. The lowest BCUT2D eigenvalue weighted by Crippen LogP contribution is -2.28. The van der Waals surface area contributed by atoms with Gasteiger partial charge in [0.15, 0.2) is 10.9 Å². The number of anilines is 1. The van der Waals surface area contributed by atoms with Gasteiger partial charge in [0, 0.05) is 16.2 Å². The summed E-state index contributed by atoms with van der Waals surface area (Å²) in [4.78, 5) is 4.18. The van der Waals surface area contributed by atoms with Gasteiger partial charge in [0.05, 0.1) is 11.6 Å². The summed E-state index contributed by atoms with van der Waals surface area (Å²) in [5.74, 6) is 2.11. The average Bonchev–Trinajstić information content (AvgIpc) is 3.05. The molecule has 3 rings (SSSR count). The summed E-state index contributed by atoms with van der Waals surface area (Å²) in [6, 6.07) is 15.5. The van der Waals surface area contributed by atoms with Crippen molar-refractivity contribution in [1.29, 1.82) is 0 Å². The standard InChI is InChI=1S/C17H13BrClN3OS/c18-12-8-14(19)16(20-9-12)22-17(24)21-10-13-6-7-15(23-13)11-4-2-1-3-5-11/h1-9H,10H2,(H2,20,21,22,24). The normalized spacial score (nSPS) is 10.4. The minimum absolute atomic E-state index is 0.421. The quantitative estimate of drug-likeness (QED) is 0.563. The lowest BCUT2D eigenvalue weighted by Gasteiger charge is -2.10. The Bertz CT molecular complexity index is 854. The molecule has 1 aromatic carbocycles. The molecular formula is C17H13BrClN3OS. The third-order valence-corrected chi connectivity index (χ3v) is 4.15. The lowest BCUT2D eigenvalue weighted by molar-refractivity contribution is 0.516. The number of hydrogen-bond donors (Lipinski definition) is 2. The first kappa shape index (κ1) is 17.0. The van der Waals surface area contributed by atoms with Crippen molar-refractivity contribution in [1.82, 2.24) is 10.3 Å². The Balaban J connectivity index is 1.58. The van der Waals surface area contributed by atoms with E-state index in [-0.39, 0.29) is 0 Å². The molecule has 7 heteroatoms. The molecule has 2 aromatic heterocycles. The van der Waals surface area contributed by atoms with Gasteiger partial charge in [0.1, 0.15) is 11.5 Å². The second-order valence-electron chi connectivity index (χ2n) is 4.92. The van der Waals surface area contributed by atoms with E-state index >= 15 is 0 Å². The molecule has 0 bridgehead atoms. The van der Waals surface area contributed by atoms with Crippen LogP contribution in [0.2, 0.25) is 5.02 Å². The van der Waals surface area contributed by atoms with E-state index in [4.69, 9.17) is 28.2 Å². The Labute approximate surface area is 158 Å². The van der Waals surface area contributed by atoms with Crippen molar-refractivity contribution in [2.45, 2.75) is 6.54 Å². The molecule has 122 valence electrons. The average molecular weight is 423 g/mol. The minimum atomic E-state index is 0.421. The van der Waals surface area contributed by atoms with Crippen LogP contribution in [0.25, 0.3) is 11.3 Å². The van der Waals surface area contributed by atoms with E-state index in [2.05, 4.69) is 31.5 Å². The smallest absolute Gasteiger partial charge is 0.172 e. The highest BCUT2D eigenvalue weighted by atomic mass is 79.9. The van der Waals surface area contributed by atoms with Gasteiger partial charge in [-0.2, -0.15) is 0 Å². The zero-order valence-corrected chi connectivity index (χ0v) is 15.6. The largest absolute Gasteiger partial charge is 0.459 e. The molecular weight excluding hydrogens is 410 g/mol. The maximum atomic E-state index is 6.10. The molecule has 0 fully saturated rings. The Kier molecular flexibility index (Phi) is 5.50. The Morgan fingerprint density at radius 2 is 2.00 bits per heavy atom. The van der Waals surface area contributed by atoms with Crippen LogP contribution in [0.5, 0.6) is 0 Å². The van der Waals surface area contributed by atoms with E-state index in [1.165, 1.54) is 0 Å². The van der Waals surface area contributed by atoms with Gasteiger partial charge in [-0.1, -0.05) is 41.9 Å². The fourth-order valence-electron chi connectivity index (χ4n) is 2.06. The topological polar surface area (TPSA) is 50.1 Å². The molecule has 0 aliphatic rings. The minimum Gasteiger partial charge on any atom is -0.459 e. The number of halogens is 2. The van der Waals surface area contributed by atoms with E-state index in [0.29, 0.717) is 22.5 Å². The summed E-state index contributed by atoms with van der Waals surface area (Å²) in [5, 5.41) is 6.94. The molecule has 0 radical (unpaired) electrons. The van der Waals surface area contributed by atoms with Gasteiger partial charge in [-0.15, -0.1) is 0 Å². The number of furan rings is 1. The number of pyridine rings is 1. The number of nitrogens with zero attached hydrogens (tertiary/aromatic N) is 1. The molecule has 3 aromatic rings. The lowest BCUT2D eigenvalue weighted by atomic mass is 10.2. The number of thiocarbonyl (C=S) groups is 1. The maximum Gasteiger partial charge on any atom is 0.172 e. The van der Waals surface area contributed by atoms with E-state index in [1.54, 1.807) is 12.3 Å². The van der Waals surface area contributed by atoms with E-state index in [1.807, 2.05) is 42.5 Å². The fraction of sp³-hybridized carbons (Fsp3) is 0.0588. The highest BCUT2D eigenvalue weighted by Crippen LogP contribution is 2.23. The van der Waals surface area contributed by atoms with Gasteiger partial charge >= 0.3 is 0 Å². The second kappa shape index (κ2) is 7.79. The predicted molar refractivity (Wildman–Crippen MR) is 104 cm³/mol. The van der Waals surface area contributed by atoms with Crippen LogP contribution in [0.4, 0.5) is 5.82 Å². The van der Waals surface area contributed by atoms with E-state index in [9.17, 15) is 0 Å². The first-order chi connectivity index (χ1) is 11.6. The van der Waals surface area contributed by atoms with Crippen molar-refractivity contribution in [2.75, 3.05) is 5.32 Å². The van der Waals surface area contributed by atoms with Gasteiger partial charge in [-0.25, -0.2) is 4.98 Å². The Morgan fingerprint density at radius 3 is 2.75 bits per heavy atom. The molecule has 0 amide bonds. The third-order valence-electron chi connectivity index (χ3n) is 3.18. The summed E-state index contributed by atoms with van der Waals surface area (Å²) >= 11 is 14.7. The van der Waals surface area contributed by atoms with Crippen molar-refractivity contribution in [3.8, 4) is 11.3 Å². The molecule has 0 saturated heterocycles. The summed E-state index contributed by atoms with van der Waals surface area (Å²) in [5.41, 5.74) is 1.04. The number of aromatic nitrogens is 1. The molecule has 0 spiro atoms. The molecule has 0 unspecified atom stereocenters. The van der Waals surface area contributed by atoms with Crippen molar-refractivity contribution >= 4 is 50.7 Å². The molecule has 2 heterocycles. The van der Waals surface area contributed by atoms with Gasteiger partial charge in [0.2, 0.25) is 0 Å². The van der Waals surface area contributed by atoms with Crippen molar-refractivity contribution in [3.63, 3.8) is 0 Å². The third kappa shape index (κ3) is 4.35. The van der Waals surface area contributed by atoms with E-state index < -0.39 is 0 Å². The molecule has 24 heavy (non-hydrogen) atoms. The van der Waals surface area contributed by atoms with Crippen LogP contribution in [0.15, 0.2) is 63.6 Å². The zero-order chi connectivity index (χ0) is 16.9. The van der Waals surface area contributed by atoms with Crippen LogP contribution in [-0.4, -0.2) is 10.1 Å². The van der Waals surface area contributed by atoms with Gasteiger partial charge in [-0.3, -0.25) is 0 Å². The van der Waals surface area contributed by atoms with Gasteiger partial charge in [-0.05, 0) is 46.3 Å². The molecule has 4 nitrogen and oxygen atoms in total. The Morgan fingerprint density at radius 1 is 1.21 bits per heavy atom. The number of rotatable bonds is 4. The molecule has 0 saturated carbocycles. The SMILES string of the molecule is S=C(NCc1ccc(-c2ccccc2)o1)Nc1ncc(Br)cc1Cl. The molecule has 2 N–H and O–H groups in total. The van der Waals surface area contributed by atoms with Crippen LogP contribution >= 0.6 is 39.7 Å². The van der Waals surface area contributed by atoms with Gasteiger partial charge < -0.3 is 15.1 Å². The second-order valence-corrected chi connectivity index (χ2v) is 6.65. The van der Waals surface area contributed by atoms with Crippen LogP contribution in [0, 0.1) is 0 Å². The first-order valence-corrected chi connectivity index (χ1v) is 8.70. The van der Waals surface area contributed by atoms with Crippen molar-refractivity contribution in [3.05, 3.63) is 70.0 Å². The van der Waals surface area contributed by atoms with Crippen LogP contribution in [0.3, 0.4) is 0 Å². The maximum absolute atomic E-state index is 6.10. The van der Waals surface area contributed by atoms with Gasteiger partial charge in [0.25, 0.3) is 0 Å². The van der Waals surface area contributed by atoms with Crippen molar-refractivity contribution < 1.29 is 4.42 Å². The Hall–Kier alpha value is -1.89. The molecule has 0 atom stereocenters. The fourth-order valence-corrected chi connectivity index (χ4v) is 2.90. The predicted octanol–water partition coefficient (Wildman–Crippen LogP) is 5.24. The monoisotopic (exact) mass is 421 g/mol. The van der Waals surface area contributed by atoms with E-state index in [0.717, 1.165) is 21.6 Å².